The summed E-state index contributed by atoms with van der Waals surface area (Å²) in [6, 6.07) is 8.04. The molecule has 1 aliphatic heterocycles. The molecule has 0 radical (unpaired) electrons. The molecule has 1 heterocycles. The average molecular weight is 373 g/mol. The fraction of sp³-hybridized carbons (Fsp3) is 0.636. The Bertz CT molecular complexity index is 643. The Morgan fingerprint density at radius 1 is 1.26 bits per heavy atom. The first-order valence-corrected chi connectivity index (χ1v) is 10.3. The van der Waals surface area contributed by atoms with Gasteiger partial charge >= 0.3 is 0 Å². The first kappa shape index (κ1) is 19.7. The number of nitrogens with one attached hydrogen (secondary N) is 1. The second-order valence-electron chi connectivity index (χ2n) is 7.97. The number of ether oxygens (including phenoxy) is 1. The van der Waals surface area contributed by atoms with Crippen molar-refractivity contribution in [1.82, 2.24) is 10.2 Å². The normalized spacial score (nSPS) is 25.0. The van der Waals surface area contributed by atoms with Crippen molar-refractivity contribution in [2.24, 2.45) is 11.8 Å². The van der Waals surface area contributed by atoms with Gasteiger partial charge in [0.2, 0.25) is 11.8 Å². The molecular weight excluding hydrogens is 340 g/mol. The molecule has 1 aromatic rings. The van der Waals surface area contributed by atoms with Crippen LogP contribution in [-0.2, 0) is 16.1 Å². The van der Waals surface area contributed by atoms with Gasteiger partial charge in [-0.2, -0.15) is 0 Å². The van der Waals surface area contributed by atoms with Gasteiger partial charge in [0.1, 0.15) is 5.75 Å². The highest BCUT2D eigenvalue weighted by molar-refractivity contribution is 5.89. The number of rotatable bonds is 8. The maximum absolute atomic E-state index is 12.7. The Morgan fingerprint density at radius 3 is 2.74 bits per heavy atom. The molecule has 1 saturated carbocycles. The third-order valence-electron chi connectivity index (χ3n) is 6.03. The average Bonchev–Trinajstić information content (AvgIpc) is 3.27. The summed E-state index contributed by atoms with van der Waals surface area (Å²) in [5.41, 5.74) is 1.06. The fourth-order valence-corrected chi connectivity index (χ4v) is 4.39. The number of carbonyl (C=O) groups is 2. The van der Waals surface area contributed by atoms with E-state index in [2.05, 4.69) is 12.2 Å². The predicted molar refractivity (Wildman–Crippen MR) is 105 cm³/mol. The monoisotopic (exact) mass is 372 g/mol. The summed E-state index contributed by atoms with van der Waals surface area (Å²) in [5.74, 6) is 1.33. The van der Waals surface area contributed by atoms with Crippen LogP contribution < -0.4 is 10.1 Å². The molecule has 3 rings (SSSR count). The maximum Gasteiger partial charge on any atom is 0.225 e. The van der Waals surface area contributed by atoms with Crippen LogP contribution in [-0.4, -0.2) is 36.4 Å². The van der Waals surface area contributed by atoms with E-state index in [0.717, 1.165) is 17.7 Å². The van der Waals surface area contributed by atoms with Gasteiger partial charge in [-0.1, -0.05) is 38.3 Å². The molecule has 0 aromatic heterocycles. The number of amides is 2. The van der Waals surface area contributed by atoms with Crippen molar-refractivity contribution in [3.05, 3.63) is 29.8 Å². The molecule has 5 nitrogen and oxygen atoms in total. The molecule has 2 amide bonds. The molecule has 148 valence electrons. The number of hydrogen-bond donors (Lipinski definition) is 1. The second kappa shape index (κ2) is 9.25. The highest BCUT2D eigenvalue weighted by Gasteiger charge is 2.36. The van der Waals surface area contributed by atoms with Crippen LogP contribution in [0, 0.1) is 11.8 Å². The Hall–Kier alpha value is -2.04. The first-order chi connectivity index (χ1) is 13.1. The number of carbonyl (C=O) groups excluding carboxylic acids is 2. The molecule has 1 aliphatic carbocycles. The molecule has 0 bridgehead atoms. The van der Waals surface area contributed by atoms with Crippen molar-refractivity contribution in [2.45, 2.75) is 64.5 Å². The number of likely N-dealkylation sites (tertiary alicyclic amines) is 1. The van der Waals surface area contributed by atoms with Crippen LogP contribution in [0.25, 0.3) is 0 Å². The Morgan fingerprint density at radius 2 is 2.04 bits per heavy atom. The standard InChI is InChI=1S/C22H32N2O3/c1-3-4-6-17-7-5-8-20(17)23-22(26)18-13-21(25)24(15-18)14-16-9-11-19(27-2)12-10-16/h9-12,17-18,20H,3-8,13-15H2,1-2H3,(H,23,26). The summed E-state index contributed by atoms with van der Waals surface area (Å²) < 4.78 is 5.17. The highest BCUT2D eigenvalue weighted by atomic mass is 16.5. The summed E-state index contributed by atoms with van der Waals surface area (Å²) in [5, 5.41) is 3.27. The molecule has 2 aliphatic rings. The zero-order chi connectivity index (χ0) is 19.2. The molecule has 3 atom stereocenters. The molecule has 1 saturated heterocycles. The van der Waals surface area contributed by atoms with Gasteiger partial charge in [0.15, 0.2) is 0 Å². The Balaban J connectivity index is 1.52. The number of benzene rings is 1. The van der Waals surface area contributed by atoms with Crippen LogP contribution in [0.15, 0.2) is 24.3 Å². The SMILES string of the molecule is CCCCC1CCCC1NC(=O)C1CC(=O)N(Cc2ccc(OC)cc2)C1. The molecule has 5 heteroatoms. The zero-order valence-electron chi connectivity index (χ0n) is 16.6. The third-order valence-corrected chi connectivity index (χ3v) is 6.03. The van der Waals surface area contributed by atoms with Gasteiger partial charge in [-0.05, 0) is 42.9 Å². The predicted octanol–water partition coefficient (Wildman–Crippen LogP) is 3.52. The van der Waals surface area contributed by atoms with Crippen molar-refractivity contribution >= 4 is 11.8 Å². The van der Waals surface area contributed by atoms with Crippen molar-refractivity contribution in [3.8, 4) is 5.75 Å². The molecule has 27 heavy (non-hydrogen) atoms. The largest absolute Gasteiger partial charge is 0.497 e. The minimum Gasteiger partial charge on any atom is -0.497 e. The number of methoxy groups -OCH3 is 1. The van der Waals surface area contributed by atoms with E-state index in [1.165, 1.54) is 32.1 Å². The van der Waals surface area contributed by atoms with E-state index in [1.54, 1.807) is 12.0 Å². The summed E-state index contributed by atoms with van der Waals surface area (Å²) in [4.78, 5) is 26.9. The number of nitrogens with zero attached hydrogens (tertiary/aromatic N) is 1. The molecule has 1 N–H and O–H groups in total. The van der Waals surface area contributed by atoms with E-state index in [9.17, 15) is 9.59 Å². The molecule has 0 spiro atoms. The number of unbranched alkanes of at least 4 members (excludes halogenated alkanes) is 1. The summed E-state index contributed by atoms with van der Waals surface area (Å²) >= 11 is 0. The lowest BCUT2D eigenvalue weighted by Gasteiger charge is -2.23. The molecular formula is C22H32N2O3. The van der Waals surface area contributed by atoms with Crippen LogP contribution >= 0.6 is 0 Å². The van der Waals surface area contributed by atoms with E-state index < -0.39 is 0 Å². The zero-order valence-corrected chi connectivity index (χ0v) is 16.6. The topological polar surface area (TPSA) is 58.6 Å². The van der Waals surface area contributed by atoms with Crippen molar-refractivity contribution < 1.29 is 14.3 Å². The third kappa shape index (κ3) is 5.02. The van der Waals surface area contributed by atoms with Crippen LogP contribution in [0.5, 0.6) is 5.75 Å². The van der Waals surface area contributed by atoms with Gasteiger partial charge in [0, 0.05) is 25.6 Å². The van der Waals surface area contributed by atoms with Crippen LogP contribution in [0.4, 0.5) is 0 Å². The van der Waals surface area contributed by atoms with Crippen LogP contribution in [0.1, 0.15) is 57.4 Å². The molecule has 2 fully saturated rings. The molecule has 1 aromatic carbocycles. The number of hydrogen-bond acceptors (Lipinski definition) is 3. The Kier molecular flexibility index (Phi) is 6.75. The van der Waals surface area contributed by atoms with Crippen molar-refractivity contribution in [2.75, 3.05) is 13.7 Å². The first-order valence-electron chi connectivity index (χ1n) is 10.3. The van der Waals surface area contributed by atoms with Gasteiger partial charge in [0.25, 0.3) is 0 Å². The van der Waals surface area contributed by atoms with E-state index >= 15 is 0 Å². The molecule has 3 unspecified atom stereocenters. The quantitative estimate of drug-likeness (QED) is 0.760. The summed E-state index contributed by atoms with van der Waals surface area (Å²) in [7, 11) is 1.64. The Labute approximate surface area is 162 Å². The van der Waals surface area contributed by atoms with Gasteiger partial charge in [-0.25, -0.2) is 0 Å². The van der Waals surface area contributed by atoms with Crippen molar-refractivity contribution in [1.29, 1.82) is 0 Å². The van der Waals surface area contributed by atoms with Gasteiger partial charge in [0.05, 0.1) is 13.0 Å². The highest BCUT2D eigenvalue weighted by Crippen LogP contribution is 2.31. The maximum atomic E-state index is 12.7. The minimum absolute atomic E-state index is 0.0639. The van der Waals surface area contributed by atoms with Gasteiger partial charge in [-0.15, -0.1) is 0 Å². The lowest BCUT2D eigenvalue weighted by Crippen LogP contribution is -2.41. The van der Waals surface area contributed by atoms with Gasteiger partial charge < -0.3 is 15.0 Å². The summed E-state index contributed by atoms with van der Waals surface area (Å²) in [6.45, 7) is 3.28. The minimum atomic E-state index is -0.219. The lowest BCUT2D eigenvalue weighted by atomic mass is 9.96. The summed E-state index contributed by atoms with van der Waals surface area (Å²) in [6.07, 6.45) is 7.47. The van der Waals surface area contributed by atoms with E-state index in [-0.39, 0.29) is 17.7 Å². The smallest absolute Gasteiger partial charge is 0.225 e. The second-order valence-corrected chi connectivity index (χ2v) is 7.97. The van der Waals surface area contributed by atoms with E-state index in [4.69, 9.17) is 4.74 Å². The van der Waals surface area contributed by atoms with Crippen LogP contribution in [0.2, 0.25) is 0 Å². The van der Waals surface area contributed by atoms with Crippen molar-refractivity contribution in [3.63, 3.8) is 0 Å². The van der Waals surface area contributed by atoms with Crippen LogP contribution in [0.3, 0.4) is 0 Å². The van der Waals surface area contributed by atoms with E-state index in [1.807, 2.05) is 24.3 Å². The van der Waals surface area contributed by atoms with E-state index in [0.29, 0.717) is 31.5 Å². The lowest BCUT2D eigenvalue weighted by molar-refractivity contribution is -0.129. The fourth-order valence-electron chi connectivity index (χ4n) is 4.39. The van der Waals surface area contributed by atoms with Gasteiger partial charge in [-0.3, -0.25) is 9.59 Å².